The quantitative estimate of drug-likeness (QED) is 0.189. The van der Waals surface area contributed by atoms with Crippen LogP contribution in [0.3, 0.4) is 0 Å². The molecule has 4 aromatic rings. The van der Waals surface area contributed by atoms with Crippen molar-refractivity contribution in [3.8, 4) is 0 Å². The van der Waals surface area contributed by atoms with Crippen LogP contribution >= 0.6 is 0 Å². The van der Waals surface area contributed by atoms with Crippen LogP contribution in [0.1, 0.15) is 22.3 Å². The largest absolute Gasteiger partial charge is 0.393 e. The molecular weight excluding hydrogens is 563 g/mol. The van der Waals surface area contributed by atoms with Crippen LogP contribution in [-0.4, -0.2) is 59.8 Å². The summed E-state index contributed by atoms with van der Waals surface area (Å²) in [4.78, 5) is 0. The van der Waals surface area contributed by atoms with Gasteiger partial charge >= 0.3 is 0 Å². The number of hydrogen-bond acceptors (Lipinski definition) is 7. The van der Waals surface area contributed by atoms with Gasteiger partial charge in [-0.3, -0.25) is 0 Å². The van der Waals surface area contributed by atoms with Crippen molar-refractivity contribution in [3.63, 3.8) is 0 Å². The van der Waals surface area contributed by atoms with E-state index in [9.17, 15) is 10.2 Å². The van der Waals surface area contributed by atoms with Crippen LogP contribution in [0.4, 0.5) is 4.39 Å². The Hall–Kier alpha value is -3.47. The monoisotopic (exact) mass is 602 g/mol. The standard InChI is InChI=1S/C36H39FO7/c37-32(21-38)36(39)35(43-25-30-19-11-4-12-20-30)34(42-24-29-17-9-3-10-18-29)33(41-23-28-15-7-2-8-16-28)31(44-36)26-40-22-27-13-5-1-6-14-27/h1-20,31-35,38-39H,21-26H2/t31-,32?,33+,34+,35-,36+/m1/s1. The molecule has 1 fully saturated rings. The first-order chi connectivity index (χ1) is 21.6. The smallest absolute Gasteiger partial charge is 0.230 e. The van der Waals surface area contributed by atoms with Gasteiger partial charge in [0.1, 0.15) is 24.4 Å². The first-order valence-electron chi connectivity index (χ1n) is 14.8. The van der Waals surface area contributed by atoms with Gasteiger partial charge in [0.15, 0.2) is 6.17 Å². The number of rotatable bonds is 15. The number of aliphatic hydroxyl groups excluding tert-OH is 1. The summed E-state index contributed by atoms with van der Waals surface area (Å²) in [6.45, 7) is -0.358. The number of hydrogen-bond donors (Lipinski definition) is 2. The average molecular weight is 603 g/mol. The van der Waals surface area contributed by atoms with Crippen molar-refractivity contribution in [1.82, 2.24) is 0 Å². The van der Waals surface area contributed by atoms with Gasteiger partial charge in [0.25, 0.3) is 0 Å². The Kier molecular flexibility index (Phi) is 11.6. The molecule has 0 aliphatic carbocycles. The van der Waals surface area contributed by atoms with Crippen molar-refractivity contribution in [2.45, 2.75) is 62.8 Å². The molecule has 0 amide bonds. The summed E-state index contributed by atoms with van der Waals surface area (Å²) in [7, 11) is 0. The van der Waals surface area contributed by atoms with Crippen LogP contribution < -0.4 is 0 Å². The van der Waals surface area contributed by atoms with Crippen molar-refractivity contribution < 1.29 is 38.3 Å². The van der Waals surface area contributed by atoms with Crippen LogP contribution in [0.5, 0.6) is 0 Å². The zero-order valence-electron chi connectivity index (χ0n) is 24.5. The van der Waals surface area contributed by atoms with E-state index in [1.807, 2.05) is 121 Å². The molecule has 0 spiro atoms. The minimum Gasteiger partial charge on any atom is -0.393 e. The van der Waals surface area contributed by atoms with Crippen molar-refractivity contribution in [1.29, 1.82) is 0 Å². The number of ether oxygens (including phenoxy) is 5. The van der Waals surface area contributed by atoms with Gasteiger partial charge in [0, 0.05) is 0 Å². The summed E-state index contributed by atoms with van der Waals surface area (Å²) in [5.74, 6) is -2.56. The highest BCUT2D eigenvalue weighted by Crippen LogP contribution is 2.38. The van der Waals surface area contributed by atoms with E-state index in [-0.39, 0.29) is 33.0 Å². The fourth-order valence-electron chi connectivity index (χ4n) is 5.27. The summed E-state index contributed by atoms with van der Waals surface area (Å²) >= 11 is 0. The Bertz CT molecular complexity index is 1360. The molecule has 6 atom stereocenters. The summed E-state index contributed by atoms with van der Waals surface area (Å²) in [5.41, 5.74) is 3.55. The van der Waals surface area contributed by atoms with Crippen LogP contribution in [0.15, 0.2) is 121 Å². The Morgan fingerprint density at radius 3 is 1.48 bits per heavy atom. The fourth-order valence-corrected chi connectivity index (χ4v) is 5.27. The van der Waals surface area contributed by atoms with E-state index in [2.05, 4.69) is 0 Å². The van der Waals surface area contributed by atoms with E-state index < -0.39 is 43.0 Å². The third-order valence-electron chi connectivity index (χ3n) is 7.58. The van der Waals surface area contributed by atoms with E-state index in [1.165, 1.54) is 0 Å². The molecule has 4 aromatic carbocycles. The predicted octanol–water partition coefficient (Wildman–Crippen LogP) is 5.38. The zero-order valence-corrected chi connectivity index (χ0v) is 24.5. The Morgan fingerprint density at radius 1 is 0.614 bits per heavy atom. The predicted molar refractivity (Wildman–Crippen MR) is 163 cm³/mol. The lowest BCUT2D eigenvalue weighted by atomic mass is 9.89. The molecule has 5 rings (SSSR count). The summed E-state index contributed by atoms with van der Waals surface area (Å²) in [6.07, 6.45) is -6.36. The lowest BCUT2D eigenvalue weighted by molar-refractivity contribution is -0.388. The summed E-state index contributed by atoms with van der Waals surface area (Å²) in [5, 5.41) is 21.8. The van der Waals surface area contributed by atoms with Crippen LogP contribution in [0, 0.1) is 0 Å². The van der Waals surface area contributed by atoms with Crippen molar-refractivity contribution in [2.24, 2.45) is 0 Å². The third-order valence-corrected chi connectivity index (χ3v) is 7.58. The first kappa shape index (κ1) is 31.9. The topological polar surface area (TPSA) is 86.6 Å². The van der Waals surface area contributed by atoms with Gasteiger partial charge in [-0.15, -0.1) is 0 Å². The third kappa shape index (κ3) is 8.37. The molecule has 0 saturated carbocycles. The Labute approximate surface area is 257 Å². The second-order valence-corrected chi connectivity index (χ2v) is 10.8. The van der Waals surface area contributed by atoms with E-state index >= 15 is 4.39 Å². The Morgan fingerprint density at radius 2 is 1.02 bits per heavy atom. The number of halogens is 1. The average Bonchev–Trinajstić information content (AvgIpc) is 3.08. The van der Waals surface area contributed by atoms with Gasteiger partial charge in [0.05, 0.1) is 39.6 Å². The minimum atomic E-state index is -2.56. The first-order valence-corrected chi connectivity index (χ1v) is 14.8. The number of aliphatic hydroxyl groups is 2. The molecule has 8 heteroatoms. The molecule has 0 bridgehead atoms. The number of alkyl halides is 1. The van der Waals surface area contributed by atoms with Crippen LogP contribution in [-0.2, 0) is 50.1 Å². The maximum absolute atomic E-state index is 15.6. The molecule has 1 unspecified atom stereocenters. The molecule has 7 nitrogen and oxygen atoms in total. The molecule has 232 valence electrons. The minimum absolute atomic E-state index is 0.0363. The molecule has 0 radical (unpaired) electrons. The highest BCUT2D eigenvalue weighted by Gasteiger charge is 2.60. The molecule has 44 heavy (non-hydrogen) atoms. The lowest BCUT2D eigenvalue weighted by Crippen LogP contribution is -2.70. The normalized spacial score (nSPS) is 24.2. The van der Waals surface area contributed by atoms with Gasteiger partial charge in [-0.1, -0.05) is 121 Å². The van der Waals surface area contributed by atoms with Gasteiger partial charge < -0.3 is 33.9 Å². The van der Waals surface area contributed by atoms with Gasteiger partial charge in [-0.05, 0) is 22.3 Å². The second-order valence-electron chi connectivity index (χ2n) is 10.8. The summed E-state index contributed by atoms with van der Waals surface area (Å²) < 4.78 is 46.9. The molecule has 1 saturated heterocycles. The Balaban J connectivity index is 1.47. The molecule has 1 heterocycles. The molecule has 2 N–H and O–H groups in total. The highest BCUT2D eigenvalue weighted by atomic mass is 19.1. The van der Waals surface area contributed by atoms with Crippen molar-refractivity contribution >= 4 is 0 Å². The van der Waals surface area contributed by atoms with Gasteiger partial charge in [0.2, 0.25) is 5.79 Å². The molecule has 1 aliphatic rings. The second kappa shape index (κ2) is 16.0. The molecular formula is C36H39FO7. The molecule has 1 aliphatic heterocycles. The van der Waals surface area contributed by atoms with E-state index in [0.29, 0.717) is 0 Å². The van der Waals surface area contributed by atoms with E-state index in [0.717, 1.165) is 22.3 Å². The zero-order chi connectivity index (χ0) is 30.6. The van der Waals surface area contributed by atoms with Crippen molar-refractivity contribution in [2.75, 3.05) is 13.2 Å². The van der Waals surface area contributed by atoms with Crippen LogP contribution in [0.25, 0.3) is 0 Å². The lowest BCUT2D eigenvalue weighted by Gasteiger charge is -2.51. The highest BCUT2D eigenvalue weighted by molar-refractivity contribution is 5.17. The fraction of sp³-hybridized carbons (Fsp3) is 0.333. The van der Waals surface area contributed by atoms with E-state index in [4.69, 9.17) is 23.7 Å². The van der Waals surface area contributed by atoms with Gasteiger partial charge in [-0.25, -0.2) is 4.39 Å². The maximum atomic E-state index is 15.6. The SMILES string of the molecule is OCC(F)[C@]1(O)O[C@H](COCc2ccccc2)[C@H](OCc2ccccc2)[C@H](OCc2ccccc2)[C@H]1OCc1ccccc1. The van der Waals surface area contributed by atoms with Gasteiger partial charge in [-0.2, -0.15) is 0 Å². The maximum Gasteiger partial charge on any atom is 0.230 e. The number of benzene rings is 4. The van der Waals surface area contributed by atoms with E-state index in [1.54, 1.807) is 0 Å². The molecule has 0 aromatic heterocycles. The van der Waals surface area contributed by atoms with Crippen LogP contribution in [0.2, 0.25) is 0 Å². The van der Waals surface area contributed by atoms with Crippen molar-refractivity contribution in [3.05, 3.63) is 144 Å². The summed E-state index contributed by atoms with van der Waals surface area (Å²) in [6, 6.07) is 38.1.